The van der Waals surface area contributed by atoms with Crippen LogP contribution in [0.1, 0.15) is 44.7 Å². The molecule has 3 nitrogen and oxygen atoms in total. The van der Waals surface area contributed by atoms with E-state index in [1.165, 1.54) is 5.56 Å². The molecule has 1 heterocycles. The van der Waals surface area contributed by atoms with Gasteiger partial charge in [0, 0.05) is 23.1 Å². The summed E-state index contributed by atoms with van der Waals surface area (Å²) in [5, 5.41) is 10.2. The fourth-order valence-corrected chi connectivity index (χ4v) is 3.33. The van der Waals surface area contributed by atoms with Gasteiger partial charge in [0.05, 0.1) is 5.60 Å². The highest BCUT2D eigenvalue weighted by Crippen LogP contribution is 2.30. The number of benzene rings is 1. The number of hydrogen-bond donors (Lipinski definition) is 2. The minimum absolute atomic E-state index is 0.0687. The Morgan fingerprint density at radius 1 is 1.25 bits per heavy atom. The number of hydrogen-bond acceptors (Lipinski definition) is 3. The highest BCUT2D eigenvalue weighted by Gasteiger charge is 2.30. The molecule has 1 fully saturated rings. The van der Waals surface area contributed by atoms with Crippen molar-refractivity contribution >= 4 is 15.9 Å². The zero-order valence-corrected chi connectivity index (χ0v) is 13.9. The van der Waals surface area contributed by atoms with Crippen molar-refractivity contribution in [3.8, 4) is 0 Å². The second kappa shape index (κ2) is 6.56. The first-order valence-corrected chi connectivity index (χ1v) is 8.16. The third-order valence-corrected chi connectivity index (χ3v) is 4.73. The summed E-state index contributed by atoms with van der Waals surface area (Å²) in [6.07, 6.45) is 2.70. The summed E-state index contributed by atoms with van der Waals surface area (Å²) in [7, 11) is 0. The number of aliphatic hydroxyl groups is 1. The first kappa shape index (κ1) is 16.0. The van der Waals surface area contributed by atoms with Crippen LogP contribution < -0.4 is 5.73 Å². The predicted octanol–water partition coefficient (Wildman–Crippen LogP) is 3.07. The van der Waals surface area contributed by atoms with Crippen LogP contribution in [0.5, 0.6) is 0 Å². The topological polar surface area (TPSA) is 49.5 Å². The van der Waals surface area contributed by atoms with Crippen LogP contribution in [0.3, 0.4) is 0 Å². The molecule has 20 heavy (non-hydrogen) atoms. The Bertz CT molecular complexity index is 431. The van der Waals surface area contributed by atoms with E-state index >= 15 is 0 Å². The molecule has 3 N–H and O–H groups in total. The van der Waals surface area contributed by atoms with Crippen LogP contribution in [0.2, 0.25) is 0 Å². The number of nitrogens with zero attached hydrogens (tertiary/aromatic N) is 1. The fourth-order valence-electron chi connectivity index (χ4n) is 3.07. The van der Waals surface area contributed by atoms with Crippen molar-refractivity contribution in [1.82, 2.24) is 4.90 Å². The van der Waals surface area contributed by atoms with Gasteiger partial charge in [-0.3, -0.25) is 4.90 Å². The summed E-state index contributed by atoms with van der Waals surface area (Å²) in [4.78, 5) is 2.43. The van der Waals surface area contributed by atoms with Crippen molar-refractivity contribution in [2.75, 3.05) is 13.1 Å². The average molecular weight is 341 g/mol. The number of nitrogens with two attached hydrogens (primary N) is 1. The zero-order chi connectivity index (χ0) is 14.8. The summed E-state index contributed by atoms with van der Waals surface area (Å²) in [5.41, 5.74) is 6.96. The summed E-state index contributed by atoms with van der Waals surface area (Å²) < 4.78 is 1.09. The predicted molar refractivity (Wildman–Crippen MR) is 86.6 cm³/mol. The molecule has 1 aliphatic rings. The smallest absolute Gasteiger partial charge is 0.0632 e. The van der Waals surface area contributed by atoms with E-state index in [9.17, 15) is 5.11 Å². The van der Waals surface area contributed by atoms with E-state index in [0.29, 0.717) is 0 Å². The molecule has 2 rings (SSSR count). The number of rotatable bonds is 3. The van der Waals surface area contributed by atoms with Gasteiger partial charge in [0.1, 0.15) is 0 Å². The normalized spacial score (nSPS) is 27.9. The van der Waals surface area contributed by atoms with Crippen LogP contribution in [-0.4, -0.2) is 34.7 Å². The van der Waals surface area contributed by atoms with E-state index < -0.39 is 5.60 Å². The molecule has 112 valence electrons. The maximum absolute atomic E-state index is 10.2. The highest BCUT2D eigenvalue weighted by molar-refractivity contribution is 9.10. The van der Waals surface area contributed by atoms with E-state index in [-0.39, 0.29) is 12.1 Å². The van der Waals surface area contributed by atoms with Gasteiger partial charge in [-0.1, -0.05) is 28.1 Å². The molecule has 0 aliphatic carbocycles. The van der Waals surface area contributed by atoms with Gasteiger partial charge < -0.3 is 10.8 Å². The second-order valence-corrected chi connectivity index (χ2v) is 7.16. The summed E-state index contributed by atoms with van der Waals surface area (Å²) in [6.45, 7) is 5.90. The lowest BCUT2D eigenvalue weighted by Gasteiger charge is -2.34. The molecule has 0 amide bonds. The van der Waals surface area contributed by atoms with Crippen molar-refractivity contribution in [3.05, 3.63) is 34.3 Å². The fraction of sp³-hybridized carbons (Fsp3) is 0.625. The molecule has 1 saturated heterocycles. The molecule has 0 radical (unpaired) electrons. The Morgan fingerprint density at radius 2 is 1.90 bits per heavy atom. The molecular formula is C16H25BrN2O. The minimum atomic E-state index is -0.531. The maximum atomic E-state index is 10.2. The van der Waals surface area contributed by atoms with Gasteiger partial charge >= 0.3 is 0 Å². The first-order valence-electron chi connectivity index (χ1n) is 7.36. The maximum Gasteiger partial charge on any atom is 0.0632 e. The van der Waals surface area contributed by atoms with Crippen molar-refractivity contribution < 1.29 is 5.11 Å². The minimum Gasteiger partial charge on any atom is -0.390 e. The van der Waals surface area contributed by atoms with Crippen LogP contribution in [-0.2, 0) is 0 Å². The number of halogens is 1. The largest absolute Gasteiger partial charge is 0.390 e. The van der Waals surface area contributed by atoms with E-state index in [0.717, 1.165) is 36.8 Å². The van der Waals surface area contributed by atoms with Crippen LogP contribution in [0, 0.1) is 0 Å². The molecule has 0 aromatic heterocycles. The number of likely N-dealkylation sites (tertiary alicyclic amines) is 1. The summed E-state index contributed by atoms with van der Waals surface area (Å²) >= 11 is 3.48. The molecule has 4 heteroatoms. The Morgan fingerprint density at radius 3 is 2.50 bits per heavy atom. The Balaban J connectivity index is 2.18. The Kier molecular flexibility index (Phi) is 5.24. The molecule has 0 saturated carbocycles. The van der Waals surface area contributed by atoms with Crippen molar-refractivity contribution in [3.63, 3.8) is 0 Å². The lowest BCUT2D eigenvalue weighted by Crippen LogP contribution is -2.40. The molecular weight excluding hydrogens is 316 g/mol. The third kappa shape index (κ3) is 4.04. The van der Waals surface area contributed by atoms with Crippen molar-refractivity contribution in [1.29, 1.82) is 0 Å². The van der Waals surface area contributed by atoms with E-state index in [1.54, 1.807) is 0 Å². The molecule has 0 spiro atoms. The Labute approximate surface area is 130 Å². The quantitative estimate of drug-likeness (QED) is 0.888. The molecule has 3 unspecified atom stereocenters. The first-order chi connectivity index (χ1) is 9.39. The zero-order valence-electron chi connectivity index (χ0n) is 12.3. The SMILES string of the molecule is CC(N)C(c1ccc(Br)cc1)N1CCCC(C)(O)CC1. The molecule has 0 bridgehead atoms. The lowest BCUT2D eigenvalue weighted by atomic mass is 9.97. The Hall–Kier alpha value is -0.420. The van der Waals surface area contributed by atoms with Gasteiger partial charge in [0.25, 0.3) is 0 Å². The monoisotopic (exact) mass is 340 g/mol. The van der Waals surface area contributed by atoms with Crippen LogP contribution in [0.25, 0.3) is 0 Å². The average Bonchev–Trinajstić information content (AvgIpc) is 2.53. The summed E-state index contributed by atoms with van der Waals surface area (Å²) in [6, 6.07) is 8.70. The van der Waals surface area contributed by atoms with Crippen LogP contribution in [0.4, 0.5) is 0 Å². The summed E-state index contributed by atoms with van der Waals surface area (Å²) in [5.74, 6) is 0. The van der Waals surface area contributed by atoms with Gasteiger partial charge in [-0.2, -0.15) is 0 Å². The molecule has 3 atom stereocenters. The van der Waals surface area contributed by atoms with Crippen molar-refractivity contribution in [2.24, 2.45) is 5.73 Å². The van der Waals surface area contributed by atoms with Gasteiger partial charge in [-0.15, -0.1) is 0 Å². The molecule has 1 aromatic rings. The molecule has 1 aromatic carbocycles. The van der Waals surface area contributed by atoms with E-state index in [4.69, 9.17) is 5.73 Å². The van der Waals surface area contributed by atoms with Gasteiger partial charge in [0.2, 0.25) is 0 Å². The van der Waals surface area contributed by atoms with Gasteiger partial charge in [-0.25, -0.2) is 0 Å². The second-order valence-electron chi connectivity index (χ2n) is 6.24. The lowest BCUT2D eigenvalue weighted by molar-refractivity contribution is 0.0424. The van der Waals surface area contributed by atoms with Crippen LogP contribution in [0.15, 0.2) is 28.7 Å². The van der Waals surface area contributed by atoms with Crippen molar-refractivity contribution in [2.45, 2.75) is 50.8 Å². The van der Waals surface area contributed by atoms with Crippen LogP contribution >= 0.6 is 15.9 Å². The molecule has 1 aliphatic heterocycles. The van der Waals surface area contributed by atoms with E-state index in [1.807, 2.05) is 6.92 Å². The highest BCUT2D eigenvalue weighted by atomic mass is 79.9. The van der Waals surface area contributed by atoms with Gasteiger partial charge in [0.15, 0.2) is 0 Å². The van der Waals surface area contributed by atoms with E-state index in [2.05, 4.69) is 52.0 Å². The van der Waals surface area contributed by atoms with Gasteiger partial charge in [-0.05, 0) is 57.4 Å². The third-order valence-electron chi connectivity index (χ3n) is 4.20. The standard InChI is InChI=1S/C16H25BrN2O/c1-12(18)15(13-4-6-14(17)7-5-13)19-10-3-8-16(2,20)9-11-19/h4-7,12,15,20H,3,8-11,18H2,1-2H3.